The Balaban J connectivity index is 2.15. The largest absolute Gasteiger partial charge is 0.0590 e. The topological polar surface area (TPSA) is 0 Å². The Bertz CT molecular complexity index is 664. The zero-order valence-corrected chi connectivity index (χ0v) is 13.2. The second kappa shape index (κ2) is 4.77. The van der Waals surface area contributed by atoms with E-state index in [2.05, 4.69) is 65.0 Å². The van der Waals surface area contributed by atoms with Gasteiger partial charge in [0.1, 0.15) is 0 Å². The molecule has 2 atom stereocenters. The van der Waals surface area contributed by atoms with E-state index in [1.807, 2.05) is 0 Å². The monoisotopic (exact) mass is 264 g/mol. The number of rotatable bonds is 1. The average molecular weight is 264 g/mol. The van der Waals surface area contributed by atoms with Crippen LogP contribution in [0.4, 0.5) is 0 Å². The standard InChI is InChI=1S/C20H24/c1-12-6-7-17(14(3)8-12)18-11-16(5)20-15(4)9-13(2)10-19(18)20/h6-10,16,18H,11H2,1-5H3. The van der Waals surface area contributed by atoms with E-state index in [-0.39, 0.29) is 0 Å². The van der Waals surface area contributed by atoms with E-state index < -0.39 is 0 Å². The molecule has 0 aromatic heterocycles. The summed E-state index contributed by atoms with van der Waals surface area (Å²) < 4.78 is 0. The van der Waals surface area contributed by atoms with Gasteiger partial charge in [0.15, 0.2) is 0 Å². The van der Waals surface area contributed by atoms with Gasteiger partial charge in [-0.25, -0.2) is 0 Å². The highest BCUT2D eigenvalue weighted by molar-refractivity contribution is 5.51. The van der Waals surface area contributed by atoms with E-state index in [4.69, 9.17) is 0 Å². The molecule has 0 heteroatoms. The van der Waals surface area contributed by atoms with E-state index in [9.17, 15) is 0 Å². The van der Waals surface area contributed by atoms with E-state index in [0.29, 0.717) is 11.8 Å². The van der Waals surface area contributed by atoms with Gasteiger partial charge < -0.3 is 0 Å². The van der Waals surface area contributed by atoms with Gasteiger partial charge in [0.2, 0.25) is 0 Å². The Hall–Kier alpha value is -1.56. The van der Waals surface area contributed by atoms with Crippen LogP contribution >= 0.6 is 0 Å². The fourth-order valence-corrected chi connectivity index (χ4v) is 4.08. The number of aryl methyl sites for hydroxylation is 4. The summed E-state index contributed by atoms with van der Waals surface area (Å²) in [4.78, 5) is 0. The van der Waals surface area contributed by atoms with Crippen LogP contribution in [0.2, 0.25) is 0 Å². The average Bonchev–Trinajstić information content (AvgIpc) is 2.66. The third-order valence-corrected chi connectivity index (χ3v) is 4.82. The summed E-state index contributed by atoms with van der Waals surface area (Å²) in [5.74, 6) is 1.26. The van der Waals surface area contributed by atoms with Crippen molar-refractivity contribution in [3.8, 4) is 0 Å². The van der Waals surface area contributed by atoms with Crippen molar-refractivity contribution >= 4 is 0 Å². The summed E-state index contributed by atoms with van der Waals surface area (Å²) in [5, 5.41) is 0. The van der Waals surface area contributed by atoms with Crippen LogP contribution in [-0.2, 0) is 0 Å². The second-order valence-corrected chi connectivity index (χ2v) is 6.63. The Morgan fingerprint density at radius 3 is 2.20 bits per heavy atom. The molecule has 3 rings (SSSR count). The van der Waals surface area contributed by atoms with E-state index in [0.717, 1.165) is 0 Å². The van der Waals surface area contributed by atoms with Gasteiger partial charge >= 0.3 is 0 Å². The van der Waals surface area contributed by atoms with Crippen molar-refractivity contribution in [3.05, 3.63) is 69.3 Å². The molecule has 20 heavy (non-hydrogen) atoms. The molecule has 0 bridgehead atoms. The van der Waals surface area contributed by atoms with Crippen LogP contribution in [0.1, 0.15) is 64.1 Å². The molecule has 0 nitrogen and oxygen atoms in total. The van der Waals surface area contributed by atoms with E-state index >= 15 is 0 Å². The summed E-state index contributed by atoms with van der Waals surface area (Å²) in [6.45, 7) is 11.3. The number of fused-ring (bicyclic) bond motifs is 1. The summed E-state index contributed by atoms with van der Waals surface area (Å²) in [5.41, 5.74) is 10.4. The first-order valence-corrected chi connectivity index (χ1v) is 7.65. The molecular weight excluding hydrogens is 240 g/mol. The van der Waals surface area contributed by atoms with Crippen LogP contribution in [0.25, 0.3) is 0 Å². The molecule has 2 aromatic rings. The van der Waals surface area contributed by atoms with Crippen molar-refractivity contribution < 1.29 is 0 Å². The van der Waals surface area contributed by atoms with Crippen molar-refractivity contribution in [2.45, 2.75) is 52.9 Å². The van der Waals surface area contributed by atoms with Crippen LogP contribution in [0.5, 0.6) is 0 Å². The molecule has 0 N–H and O–H groups in total. The predicted octanol–water partition coefficient (Wildman–Crippen LogP) is 5.56. The zero-order valence-electron chi connectivity index (χ0n) is 13.2. The predicted molar refractivity (Wildman–Crippen MR) is 86.7 cm³/mol. The van der Waals surface area contributed by atoms with Gasteiger partial charge in [0.05, 0.1) is 0 Å². The van der Waals surface area contributed by atoms with Crippen molar-refractivity contribution in [2.24, 2.45) is 0 Å². The van der Waals surface area contributed by atoms with Crippen LogP contribution in [0.3, 0.4) is 0 Å². The molecule has 0 spiro atoms. The minimum atomic E-state index is 0.583. The number of hydrogen-bond donors (Lipinski definition) is 0. The minimum absolute atomic E-state index is 0.583. The van der Waals surface area contributed by atoms with Gasteiger partial charge in [-0.1, -0.05) is 48.4 Å². The summed E-state index contributed by atoms with van der Waals surface area (Å²) >= 11 is 0. The lowest BCUT2D eigenvalue weighted by atomic mass is 9.88. The third-order valence-electron chi connectivity index (χ3n) is 4.82. The maximum atomic E-state index is 2.41. The fraction of sp³-hybridized carbons (Fsp3) is 0.400. The fourth-order valence-electron chi connectivity index (χ4n) is 4.08. The van der Waals surface area contributed by atoms with Gasteiger partial charge in [-0.15, -0.1) is 0 Å². The first-order chi connectivity index (χ1) is 9.47. The summed E-state index contributed by atoms with van der Waals surface area (Å²) in [7, 11) is 0. The minimum Gasteiger partial charge on any atom is -0.0590 e. The first-order valence-electron chi connectivity index (χ1n) is 7.65. The van der Waals surface area contributed by atoms with Crippen molar-refractivity contribution in [1.82, 2.24) is 0 Å². The highest BCUT2D eigenvalue weighted by Crippen LogP contribution is 2.47. The molecule has 0 saturated carbocycles. The van der Waals surface area contributed by atoms with Crippen LogP contribution in [0, 0.1) is 27.7 Å². The van der Waals surface area contributed by atoms with Crippen LogP contribution in [-0.4, -0.2) is 0 Å². The van der Waals surface area contributed by atoms with Crippen LogP contribution in [0.15, 0.2) is 30.3 Å². The molecule has 0 saturated heterocycles. The van der Waals surface area contributed by atoms with Gasteiger partial charge in [-0.3, -0.25) is 0 Å². The molecule has 1 aliphatic rings. The Labute approximate surface area is 122 Å². The van der Waals surface area contributed by atoms with Crippen molar-refractivity contribution in [3.63, 3.8) is 0 Å². The second-order valence-electron chi connectivity index (χ2n) is 6.63. The van der Waals surface area contributed by atoms with E-state index in [1.165, 1.54) is 34.2 Å². The summed E-state index contributed by atoms with van der Waals surface area (Å²) in [6.07, 6.45) is 1.25. The molecule has 0 amide bonds. The van der Waals surface area contributed by atoms with Gasteiger partial charge in [-0.05, 0) is 67.9 Å². The van der Waals surface area contributed by atoms with Crippen molar-refractivity contribution in [1.29, 1.82) is 0 Å². The maximum absolute atomic E-state index is 2.41. The molecule has 0 radical (unpaired) electrons. The lowest BCUT2D eigenvalue weighted by Crippen LogP contribution is -2.00. The molecular formula is C20H24. The SMILES string of the molecule is Cc1ccc(C2CC(C)c3c(C)cc(C)cc32)c(C)c1. The molecule has 0 heterocycles. The summed E-state index contributed by atoms with van der Waals surface area (Å²) in [6, 6.07) is 11.7. The van der Waals surface area contributed by atoms with Gasteiger partial charge in [0.25, 0.3) is 0 Å². The molecule has 0 fully saturated rings. The lowest BCUT2D eigenvalue weighted by molar-refractivity contribution is 0.682. The van der Waals surface area contributed by atoms with Crippen molar-refractivity contribution in [2.75, 3.05) is 0 Å². The number of hydrogen-bond acceptors (Lipinski definition) is 0. The highest BCUT2D eigenvalue weighted by Gasteiger charge is 2.31. The quantitative estimate of drug-likeness (QED) is 0.632. The van der Waals surface area contributed by atoms with Gasteiger partial charge in [0, 0.05) is 5.92 Å². The Kier molecular flexibility index (Phi) is 3.20. The third kappa shape index (κ3) is 2.08. The molecule has 0 aliphatic heterocycles. The highest BCUT2D eigenvalue weighted by atomic mass is 14.3. The van der Waals surface area contributed by atoms with Gasteiger partial charge in [-0.2, -0.15) is 0 Å². The normalized spacial score (nSPS) is 21.1. The van der Waals surface area contributed by atoms with Crippen LogP contribution < -0.4 is 0 Å². The Morgan fingerprint density at radius 2 is 1.50 bits per heavy atom. The smallest absolute Gasteiger partial charge is 0.0101 e. The molecule has 104 valence electrons. The zero-order chi connectivity index (χ0) is 14.4. The Morgan fingerprint density at radius 1 is 0.800 bits per heavy atom. The maximum Gasteiger partial charge on any atom is 0.0101 e. The first kappa shape index (κ1) is 13.4. The molecule has 2 unspecified atom stereocenters. The molecule has 2 aromatic carbocycles. The lowest BCUT2D eigenvalue weighted by Gasteiger charge is -2.17. The number of benzene rings is 2. The molecule has 1 aliphatic carbocycles. The van der Waals surface area contributed by atoms with E-state index in [1.54, 1.807) is 11.1 Å².